The third-order valence-corrected chi connectivity index (χ3v) is 3.39. The molecule has 0 amide bonds. The minimum absolute atomic E-state index is 0.0839. The lowest BCUT2D eigenvalue weighted by molar-refractivity contribution is -0.128. The maximum atomic E-state index is 11.6. The Labute approximate surface area is 128 Å². The van der Waals surface area contributed by atoms with Gasteiger partial charge in [0.25, 0.3) is 0 Å². The van der Waals surface area contributed by atoms with Crippen LogP contribution in [0, 0.1) is 0 Å². The van der Waals surface area contributed by atoms with Gasteiger partial charge >= 0.3 is 5.97 Å². The number of hydrogen-bond acceptors (Lipinski definition) is 4. The molecule has 2 aromatic rings. The molecular formula is C12H6Cl3NO2S. The Kier molecular flexibility index (Phi) is 4.82. The number of rotatable bonds is 3. The molecule has 0 aliphatic carbocycles. The second-order valence-electron chi connectivity index (χ2n) is 3.37. The lowest BCUT2D eigenvalue weighted by atomic mass is 10.3. The zero-order chi connectivity index (χ0) is 13.8. The summed E-state index contributed by atoms with van der Waals surface area (Å²) in [6.07, 6.45) is 2.78. The first kappa shape index (κ1) is 14.3. The number of carbonyl (C=O) groups is 1. The number of benzene rings is 1. The topological polar surface area (TPSA) is 39.2 Å². The van der Waals surface area contributed by atoms with Crippen molar-refractivity contribution in [3.63, 3.8) is 0 Å². The molecule has 7 heteroatoms. The van der Waals surface area contributed by atoms with Crippen molar-refractivity contribution in [1.82, 2.24) is 4.98 Å². The van der Waals surface area contributed by atoms with Crippen LogP contribution >= 0.6 is 46.1 Å². The van der Waals surface area contributed by atoms with Crippen LogP contribution < -0.4 is 4.74 Å². The van der Waals surface area contributed by atoms with Crippen molar-refractivity contribution in [2.75, 3.05) is 0 Å². The summed E-state index contributed by atoms with van der Waals surface area (Å²) in [6.45, 7) is 0. The summed E-state index contributed by atoms with van der Waals surface area (Å²) in [6, 6.07) is 2.89. The van der Waals surface area contributed by atoms with Gasteiger partial charge in [-0.05, 0) is 18.2 Å². The van der Waals surface area contributed by atoms with Crippen LogP contribution in [-0.2, 0) is 4.79 Å². The van der Waals surface area contributed by atoms with E-state index in [0.29, 0.717) is 10.7 Å². The number of carbonyl (C=O) groups excluding carboxylic acids is 1. The van der Waals surface area contributed by atoms with Gasteiger partial charge in [-0.1, -0.05) is 34.8 Å². The van der Waals surface area contributed by atoms with Gasteiger partial charge in [0.15, 0.2) is 5.75 Å². The summed E-state index contributed by atoms with van der Waals surface area (Å²) in [7, 11) is 0. The van der Waals surface area contributed by atoms with Crippen molar-refractivity contribution in [1.29, 1.82) is 0 Å². The minimum atomic E-state index is -0.598. The lowest BCUT2D eigenvalue weighted by Gasteiger charge is -2.06. The Bertz CT molecular complexity index is 603. The van der Waals surface area contributed by atoms with Crippen LogP contribution in [0.2, 0.25) is 15.1 Å². The maximum Gasteiger partial charge on any atom is 0.336 e. The predicted molar refractivity (Wildman–Crippen MR) is 78.3 cm³/mol. The summed E-state index contributed by atoms with van der Waals surface area (Å²) in [5.74, 6) is -0.514. The molecule has 2 rings (SSSR count). The summed E-state index contributed by atoms with van der Waals surface area (Å²) in [5.41, 5.74) is 2.34. The monoisotopic (exact) mass is 333 g/mol. The Morgan fingerprint density at radius 2 is 1.95 bits per heavy atom. The molecule has 0 aliphatic rings. The second-order valence-corrected chi connectivity index (χ2v) is 5.34. The quantitative estimate of drug-likeness (QED) is 0.463. The molecule has 0 aliphatic heterocycles. The van der Waals surface area contributed by atoms with Gasteiger partial charge in [0.2, 0.25) is 0 Å². The molecule has 0 bridgehead atoms. The predicted octanol–water partition coefficient (Wildman–Crippen LogP) is 4.72. The molecule has 0 fully saturated rings. The van der Waals surface area contributed by atoms with Crippen LogP contribution in [0.4, 0.5) is 0 Å². The van der Waals surface area contributed by atoms with Crippen molar-refractivity contribution in [3.8, 4) is 5.75 Å². The molecule has 19 heavy (non-hydrogen) atoms. The van der Waals surface area contributed by atoms with E-state index in [9.17, 15) is 4.79 Å². The van der Waals surface area contributed by atoms with Gasteiger partial charge in [0.05, 0.1) is 21.2 Å². The van der Waals surface area contributed by atoms with E-state index in [0.717, 1.165) is 0 Å². The van der Waals surface area contributed by atoms with Crippen molar-refractivity contribution in [2.24, 2.45) is 0 Å². The van der Waals surface area contributed by atoms with E-state index in [1.165, 1.54) is 35.6 Å². The van der Waals surface area contributed by atoms with Gasteiger partial charge in [-0.25, -0.2) is 9.78 Å². The zero-order valence-corrected chi connectivity index (χ0v) is 12.4. The van der Waals surface area contributed by atoms with Crippen LogP contribution in [0.1, 0.15) is 5.69 Å². The molecule has 0 radical (unpaired) electrons. The third kappa shape index (κ3) is 3.94. The fraction of sp³-hybridized carbons (Fsp3) is 0. The van der Waals surface area contributed by atoms with Crippen LogP contribution in [0.15, 0.2) is 29.1 Å². The van der Waals surface area contributed by atoms with E-state index in [1.807, 2.05) is 0 Å². The fourth-order valence-electron chi connectivity index (χ4n) is 1.22. The maximum absolute atomic E-state index is 11.6. The number of halogens is 3. The fourth-order valence-corrected chi connectivity index (χ4v) is 2.64. The van der Waals surface area contributed by atoms with E-state index in [1.54, 1.807) is 10.9 Å². The van der Waals surface area contributed by atoms with Crippen LogP contribution in [-0.4, -0.2) is 11.0 Å². The summed E-state index contributed by atoms with van der Waals surface area (Å²) in [4.78, 5) is 15.6. The molecule has 0 atom stereocenters. The van der Waals surface area contributed by atoms with Crippen molar-refractivity contribution < 1.29 is 9.53 Å². The lowest BCUT2D eigenvalue weighted by Crippen LogP contribution is -2.04. The summed E-state index contributed by atoms with van der Waals surface area (Å²) >= 11 is 19.0. The van der Waals surface area contributed by atoms with Gasteiger partial charge in [-0.2, -0.15) is 0 Å². The highest BCUT2D eigenvalue weighted by Gasteiger charge is 2.12. The Hall–Kier alpha value is -1.07. The van der Waals surface area contributed by atoms with Crippen molar-refractivity contribution >= 4 is 58.2 Å². The Balaban J connectivity index is 2.11. The molecule has 0 saturated carbocycles. The summed E-state index contributed by atoms with van der Waals surface area (Å²) < 4.78 is 5.06. The number of thiazole rings is 1. The smallest absolute Gasteiger partial charge is 0.336 e. The van der Waals surface area contributed by atoms with Gasteiger partial charge in [0, 0.05) is 16.5 Å². The average Bonchev–Trinajstić information content (AvgIpc) is 2.84. The van der Waals surface area contributed by atoms with Gasteiger partial charge in [0.1, 0.15) is 0 Å². The third-order valence-electron chi connectivity index (χ3n) is 2.01. The standard InChI is InChI=1S/C12H6Cl3NO2S/c13-7-3-9(14)12(10(15)4-7)18-11(17)2-1-8-5-19-6-16-8/h1-6H/b2-1+. The molecule has 1 aromatic carbocycles. The number of esters is 1. The largest absolute Gasteiger partial charge is 0.420 e. The number of nitrogens with zero attached hydrogens (tertiary/aromatic N) is 1. The highest BCUT2D eigenvalue weighted by Crippen LogP contribution is 2.35. The molecule has 1 aromatic heterocycles. The minimum Gasteiger partial charge on any atom is -0.420 e. The Morgan fingerprint density at radius 1 is 1.26 bits per heavy atom. The first-order chi connectivity index (χ1) is 9.06. The average molecular weight is 335 g/mol. The molecule has 98 valence electrons. The van der Waals surface area contributed by atoms with Crippen molar-refractivity contribution in [2.45, 2.75) is 0 Å². The SMILES string of the molecule is O=C(/C=C/c1cscn1)Oc1c(Cl)cc(Cl)cc1Cl. The number of hydrogen-bond donors (Lipinski definition) is 0. The molecule has 0 saturated heterocycles. The van der Waals surface area contributed by atoms with Crippen LogP contribution in [0.3, 0.4) is 0 Å². The van der Waals surface area contributed by atoms with E-state index < -0.39 is 5.97 Å². The van der Waals surface area contributed by atoms with Crippen LogP contribution in [0.25, 0.3) is 6.08 Å². The number of aromatic nitrogens is 1. The Morgan fingerprint density at radius 3 is 2.53 bits per heavy atom. The first-order valence-corrected chi connectivity index (χ1v) is 7.06. The van der Waals surface area contributed by atoms with E-state index in [2.05, 4.69) is 4.98 Å². The second kappa shape index (κ2) is 6.39. The van der Waals surface area contributed by atoms with Gasteiger partial charge < -0.3 is 4.74 Å². The molecular weight excluding hydrogens is 329 g/mol. The van der Waals surface area contributed by atoms with Crippen molar-refractivity contribution in [3.05, 3.63) is 49.9 Å². The normalized spacial score (nSPS) is 10.9. The summed E-state index contributed by atoms with van der Waals surface area (Å²) in [5, 5.41) is 2.51. The highest BCUT2D eigenvalue weighted by molar-refractivity contribution is 7.07. The molecule has 0 N–H and O–H groups in total. The van der Waals surface area contributed by atoms with Gasteiger partial charge in [-0.15, -0.1) is 11.3 Å². The van der Waals surface area contributed by atoms with E-state index >= 15 is 0 Å². The van der Waals surface area contributed by atoms with Crippen LogP contribution in [0.5, 0.6) is 5.75 Å². The molecule has 0 spiro atoms. The molecule has 1 heterocycles. The molecule has 0 unspecified atom stereocenters. The highest BCUT2D eigenvalue weighted by atomic mass is 35.5. The van der Waals surface area contributed by atoms with E-state index in [4.69, 9.17) is 39.5 Å². The first-order valence-electron chi connectivity index (χ1n) is 4.99. The molecule has 3 nitrogen and oxygen atoms in total. The number of ether oxygens (including phenoxy) is 1. The van der Waals surface area contributed by atoms with Gasteiger partial charge in [-0.3, -0.25) is 0 Å². The zero-order valence-electron chi connectivity index (χ0n) is 9.27. The van der Waals surface area contributed by atoms with E-state index in [-0.39, 0.29) is 15.8 Å².